The van der Waals surface area contributed by atoms with Crippen molar-refractivity contribution in [3.05, 3.63) is 94.8 Å². The Balaban J connectivity index is 2.04. The molecule has 7 nitrogen and oxygen atoms in total. The quantitative estimate of drug-likeness (QED) is 0.337. The van der Waals surface area contributed by atoms with Crippen molar-refractivity contribution in [2.75, 3.05) is 10.8 Å². The first-order valence-corrected chi connectivity index (χ1v) is 14.4. The van der Waals surface area contributed by atoms with E-state index in [0.717, 1.165) is 9.87 Å². The van der Waals surface area contributed by atoms with Crippen LogP contribution in [0.25, 0.3) is 0 Å². The van der Waals surface area contributed by atoms with Crippen LogP contribution in [-0.4, -0.2) is 43.8 Å². The highest BCUT2D eigenvalue weighted by atomic mass is 35.5. The number of nitrogens with one attached hydrogen (secondary N) is 1. The summed E-state index contributed by atoms with van der Waals surface area (Å²) in [6.07, 6.45) is 0.681. The third-order valence-corrected chi connectivity index (χ3v) is 8.48. The standard InChI is InChI=1S/C29H33ClFN3O4S/c1-5-21(3)32-29(36)22(4)33(18-23-10-6-7-12-27(23)31)28(35)19-34(25-11-8-9-20(2)17-25)39(37,38)26-15-13-24(30)14-16-26/h6-17,21-22H,5,18-19H2,1-4H3,(H,32,36)/t21-,22+/m0/s1. The number of hydrogen-bond donors (Lipinski definition) is 1. The molecule has 0 aliphatic rings. The van der Waals surface area contributed by atoms with Crippen LogP contribution in [0.3, 0.4) is 0 Å². The van der Waals surface area contributed by atoms with Gasteiger partial charge in [-0.1, -0.05) is 48.9 Å². The number of sulfonamides is 1. The first kappa shape index (κ1) is 30.1. The molecule has 0 radical (unpaired) electrons. The molecule has 3 aromatic rings. The number of anilines is 1. The van der Waals surface area contributed by atoms with Crippen molar-refractivity contribution in [3.8, 4) is 0 Å². The van der Waals surface area contributed by atoms with Crippen LogP contribution in [0.2, 0.25) is 5.02 Å². The minimum absolute atomic E-state index is 0.0515. The van der Waals surface area contributed by atoms with E-state index in [4.69, 9.17) is 11.6 Å². The van der Waals surface area contributed by atoms with E-state index in [1.165, 1.54) is 47.4 Å². The molecule has 3 aromatic carbocycles. The van der Waals surface area contributed by atoms with Crippen molar-refractivity contribution >= 4 is 39.1 Å². The van der Waals surface area contributed by atoms with E-state index in [1.807, 2.05) is 26.8 Å². The molecule has 0 unspecified atom stereocenters. The number of benzene rings is 3. The predicted molar refractivity (Wildman–Crippen MR) is 151 cm³/mol. The second-order valence-electron chi connectivity index (χ2n) is 9.41. The number of aryl methyl sites for hydroxylation is 1. The van der Waals surface area contributed by atoms with Gasteiger partial charge in [0.05, 0.1) is 10.6 Å². The van der Waals surface area contributed by atoms with Gasteiger partial charge in [-0.3, -0.25) is 13.9 Å². The fraction of sp³-hybridized carbons (Fsp3) is 0.310. The minimum Gasteiger partial charge on any atom is -0.352 e. The molecule has 1 N–H and O–H groups in total. The molecule has 208 valence electrons. The van der Waals surface area contributed by atoms with Gasteiger partial charge in [-0.2, -0.15) is 0 Å². The first-order valence-electron chi connectivity index (χ1n) is 12.6. The molecule has 0 saturated heterocycles. The van der Waals surface area contributed by atoms with Crippen molar-refractivity contribution < 1.29 is 22.4 Å². The van der Waals surface area contributed by atoms with Gasteiger partial charge in [0.2, 0.25) is 11.8 Å². The van der Waals surface area contributed by atoms with Gasteiger partial charge < -0.3 is 10.2 Å². The van der Waals surface area contributed by atoms with E-state index in [-0.39, 0.29) is 28.7 Å². The van der Waals surface area contributed by atoms with Gasteiger partial charge in [0.25, 0.3) is 10.0 Å². The Bertz CT molecular complexity index is 1420. The molecule has 0 saturated carbocycles. The van der Waals surface area contributed by atoms with Crippen LogP contribution >= 0.6 is 11.6 Å². The number of carbonyl (C=O) groups is 2. The van der Waals surface area contributed by atoms with Crippen LogP contribution in [0.5, 0.6) is 0 Å². The molecular formula is C29H33ClFN3O4S. The third-order valence-electron chi connectivity index (χ3n) is 6.44. The molecule has 2 atom stereocenters. The van der Waals surface area contributed by atoms with Crippen LogP contribution in [0.15, 0.2) is 77.7 Å². The van der Waals surface area contributed by atoms with Crippen molar-refractivity contribution in [1.29, 1.82) is 0 Å². The maximum Gasteiger partial charge on any atom is 0.264 e. The number of carbonyl (C=O) groups excluding carboxylic acids is 2. The number of hydrogen-bond acceptors (Lipinski definition) is 4. The van der Waals surface area contributed by atoms with Crippen LogP contribution in [-0.2, 0) is 26.2 Å². The van der Waals surface area contributed by atoms with Gasteiger partial charge in [0.15, 0.2) is 0 Å². The smallest absolute Gasteiger partial charge is 0.264 e. The summed E-state index contributed by atoms with van der Waals surface area (Å²) in [7, 11) is -4.21. The van der Waals surface area contributed by atoms with Gasteiger partial charge in [0.1, 0.15) is 18.4 Å². The molecule has 3 rings (SSSR count). The summed E-state index contributed by atoms with van der Waals surface area (Å²) < 4.78 is 43.2. The Morgan fingerprint density at radius 2 is 1.67 bits per heavy atom. The van der Waals surface area contributed by atoms with Gasteiger partial charge >= 0.3 is 0 Å². The fourth-order valence-electron chi connectivity index (χ4n) is 3.90. The molecule has 0 aliphatic carbocycles. The van der Waals surface area contributed by atoms with Gasteiger partial charge in [-0.15, -0.1) is 0 Å². The second-order valence-corrected chi connectivity index (χ2v) is 11.7. The summed E-state index contributed by atoms with van der Waals surface area (Å²) in [4.78, 5) is 28.1. The Hall–Kier alpha value is -3.43. The zero-order valence-corrected chi connectivity index (χ0v) is 24.0. The number of halogens is 2. The summed E-state index contributed by atoms with van der Waals surface area (Å²) in [6.45, 7) is 6.28. The zero-order valence-electron chi connectivity index (χ0n) is 22.4. The van der Waals surface area contributed by atoms with E-state index in [0.29, 0.717) is 11.4 Å². The summed E-state index contributed by atoms with van der Waals surface area (Å²) >= 11 is 5.97. The lowest BCUT2D eigenvalue weighted by Crippen LogP contribution is -2.52. The van der Waals surface area contributed by atoms with Crippen molar-refractivity contribution in [2.45, 2.75) is 57.6 Å². The summed E-state index contributed by atoms with van der Waals surface area (Å²) in [6, 6.07) is 17.2. The molecule has 10 heteroatoms. The summed E-state index contributed by atoms with van der Waals surface area (Å²) in [5, 5.41) is 3.21. The molecule has 0 spiro atoms. The van der Waals surface area contributed by atoms with Crippen LogP contribution in [0.4, 0.5) is 10.1 Å². The lowest BCUT2D eigenvalue weighted by molar-refractivity contribution is -0.139. The molecule has 0 aromatic heterocycles. The van der Waals surface area contributed by atoms with Gasteiger partial charge in [-0.25, -0.2) is 12.8 Å². The molecule has 0 bridgehead atoms. The fourth-order valence-corrected chi connectivity index (χ4v) is 5.44. The Morgan fingerprint density at radius 1 is 1.00 bits per heavy atom. The van der Waals surface area contributed by atoms with E-state index < -0.39 is 40.2 Å². The summed E-state index contributed by atoms with van der Waals surface area (Å²) in [5.74, 6) is -1.62. The number of amides is 2. The topological polar surface area (TPSA) is 86.8 Å². The highest BCUT2D eigenvalue weighted by Gasteiger charge is 2.33. The average molecular weight is 574 g/mol. The summed E-state index contributed by atoms with van der Waals surface area (Å²) in [5.41, 5.74) is 1.28. The highest BCUT2D eigenvalue weighted by Crippen LogP contribution is 2.26. The third kappa shape index (κ3) is 7.58. The normalized spacial score (nSPS) is 12.9. The van der Waals surface area contributed by atoms with Crippen LogP contribution in [0.1, 0.15) is 38.3 Å². The lowest BCUT2D eigenvalue weighted by Gasteiger charge is -2.32. The van der Waals surface area contributed by atoms with E-state index >= 15 is 0 Å². The Labute approximate surface area is 234 Å². The van der Waals surface area contributed by atoms with Crippen molar-refractivity contribution in [1.82, 2.24) is 10.2 Å². The van der Waals surface area contributed by atoms with Crippen LogP contribution < -0.4 is 9.62 Å². The molecule has 2 amide bonds. The molecule has 0 fully saturated rings. The SMILES string of the molecule is CC[C@H](C)NC(=O)[C@@H](C)N(Cc1ccccc1F)C(=O)CN(c1cccc(C)c1)S(=O)(=O)c1ccc(Cl)cc1. The maximum absolute atomic E-state index is 14.6. The van der Waals surface area contributed by atoms with E-state index in [9.17, 15) is 22.4 Å². The van der Waals surface area contributed by atoms with Gasteiger partial charge in [-0.05, 0) is 75.2 Å². The van der Waals surface area contributed by atoms with E-state index in [2.05, 4.69) is 5.32 Å². The van der Waals surface area contributed by atoms with Gasteiger partial charge in [0, 0.05) is 23.2 Å². The maximum atomic E-state index is 14.6. The first-order chi connectivity index (χ1) is 18.4. The number of nitrogens with zero attached hydrogens (tertiary/aromatic N) is 2. The Kier molecular flexibility index (Phi) is 10.1. The number of rotatable bonds is 11. The second kappa shape index (κ2) is 13.1. The van der Waals surface area contributed by atoms with Crippen molar-refractivity contribution in [3.63, 3.8) is 0 Å². The molecule has 39 heavy (non-hydrogen) atoms. The van der Waals surface area contributed by atoms with Crippen LogP contribution in [0, 0.1) is 12.7 Å². The highest BCUT2D eigenvalue weighted by molar-refractivity contribution is 7.92. The monoisotopic (exact) mass is 573 g/mol. The molecule has 0 aliphatic heterocycles. The molecule has 0 heterocycles. The Morgan fingerprint density at radius 3 is 2.28 bits per heavy atom. The lowest BCUT2D eigenvalue weighted by atomic mass is 10.1. The predicted octanol–water partition coefficient (Wildman–Crippen LogP) is 5.31. The zero-order chi connectivity index (χ0) is 28.7. The van der Waals surface area contributed by atoms with E-state index in [1.54, 1.807) is 31.2 Å². The molecular weight excluding hydrogens is 541 g/mol. The average Bonchev–Trinajstić information content (AvgIpc) is 2.90. The minimum atomic E-state index is -4.21. The largest absolute Gasteiger partial charge is 0.352 e. The van der Waals surface area contributed by atoms with Crippen molar-refractivity contribution in [2.24, 2.45) is 0 Å².